The largest absolute Gasteiger partial charge is 0.493 e. The number of aliphatic hydroxyl groups is 1. The number of benzene rings is 1. The number of fused-ring (bicyclic) bond motifs is 1. The summed E-state index contributed by atoms with van der Waals surface area (Å²) in [5, 5.41) is 15.1. The highest BCUT2D eigenvalue weighted by molar-refractivity contribution is 5.32. The van der Waals surface area contributed by atoms with Gasteiger partial charge in [-0.15, -0.1) is 0 Å². The Hall–Kier alpha value is -1.81. The van der Waals surface area contributed by atoms with Crippen molar-refractivity contribution >= 4 is 0 Å². The van der Waals surface area contributed by atoms with Crippen LogP contribution in [0.25, 0.3) is 0 Å². The molecule has 4 nitrogen and oxygen atoms in total. The van der Waals surface area contributed by atoms with E-state index in [0.717, 1.165) is 31.5 Å². The van der Waals surface area contributed by atoms with Crippen LogP contribution < -0.4 is 4.74 Å². The maximum atomic E-state index is 10.8. The maximum Gasteiger partial charge on any atom is 0.162 e. The van der Waals surface area contributed by atoms with Crippen molar-refractivity contribution in [1.29, 1.82) is 0 Å². The fourth-order valence-electron chi connectivity index (χ4n) is 3.30. The predicted octanol–water partition coefficient (Wildman–Crippen LogP) is 2.75. The van der Waals surface area contributed by atoms with Gasteiger partial charge in [-0.2, -0.15) is 5.10 Å². The van der Waals surface area contributed by atoms with Crippen LogP contribution in [0.15, 0.2) is 30.5 Å². The molecule has 0 fully saturated rings. The SMILES string of the molecule is CCn1ncc(OC)c1C(O)C1CCc2ccccc2C1. The lowest BCUT2D eigenvalue weighted by atomic mass is 9.80. The predicted molar refractivity (Wildman–Crippen MR) is 81.4 cm³/mol. The molecule has 0 spiro atoms. The molecular weight excluding hydrogens is 264 g/mol. The van der Waals surface area contributed by atoms with Crippen LogP contribution in [0.1, 0.15) is 36.3 Å². The molecule has 2 atom stereocenters. The van der Waals surface area contributed by atoms with Gasteiger partial charge in [0.15, 0.2) is 5.75 Å². The molecule has 1 aromatic heterocycles. The fourth-order valence-corrected chi connectivity index (χ4v) is 3.30. The zero-order chi connectivity index (χ0) is 14.8. The highest BCUT2D eigenvalue weighted by Gasteiger charge is 2.30. The second kappa shape index (κ2) is 5.90. The molecule has 21 heavy (non-hydrogen) atoms. The van der Waals surface area contributed by atoms with Crippen molar-refractivity contribution in [2.24, 2.45) is 5.92 Å². The molecule has 112 valence electrons. The summed E-state index contributed by atoms with van der Waals surface area (Å²) in [6.45, 7) is 2.76. The highest BCUT2D eigenvalue weighted by Crippen LogP contribution is 2.37. The molecule has 1 N–H and O–H groups in total. The third kappa shape index (κ3) is 2.56. The summed E-state index contributed by atoms with van der Waals surface area (Å²) in [5.74, 6) is 0.902. The van der Waals surface area contributed by atoms with Crippen LogP contribution in [-0.4, -0.2) is 22.0 Å². The first-order valence-corrected chi connectivity index (χ1v) is 7.59. The van der Waals surface area contributed by atoms with Gasteiger partial charge in [0.25, 0.3) is 0 Å². The molecule has 1 aliphatic rings. The van der Waals surface area contributed by atoms with E-state index < -0.39 is 6.10 Å². The van der Waals surface area contributed by atoms with Gasteiger partial charge in [0.2, 0.25) is 0 Å². The second-order valence-corrected chi connectivity index (χ2v) is 5.63. The molecule has 2 aromatic rings. The first kappa shape index (κ1) is 14.1. The number of methoxy groups -OCH3 is 1. The van der Waals surface area contributed by atoms with Gasteiger partial charge in [0.1, 0.15) is 11.8 Å². The van der Waals surface area contributed by atoms with E-state index in [-0.39, 0.29) is 5.92 Å². The van der Waals surface area contributed by atoms with Gasteiger partial charge in [-0.25, -0.2) is 0 Å². The highest BCUT2D eigenvalue weighted by atomic mass is 16.5. The Kier molecular flexibility index (Phi) is 3.97. The lowest BCUT2D eigenvalue weighted by Crippen LogP contribution is -2.23. The van der Waals surface area contributed by atoms with Crippen molar-refractivity contribution in [3.8, 4) is 5.75 Å². The summed E-state index contributed by atoms with van der Waals surface area (Å²) in [5.41, 5.74) is 3.58. The van der Waals surface area contributed by atoms with Crippen LogP contribution >= 0.6 is 0 Å². The summed E-state index contributed by atoms with van der Waals surface area (Å²) in [7, 11) is 1.63. The second-order valence-electron chi connectivity index (χ2n) is 5.63. The van der Waals surface area contributed by atoms with Crippen molar-refractivity contribution in [3.63, 3.8) is 0 Å². The van der Waals surface area contributed by atoms with E-state index in [1.165, 1.54) is 11.1 Å². The zero-order valence-corrected chi connectivity index (χ0v) is 12.6. The Labute approximate surface area is 125 Å². The third-order valence-corrected chi connectivity index (χ3v) is 4.48. The summed E-state index contributed by atoms with van der Waals surface area (Å²) in [6, 6.07) is 8.52. The number of hydrogen-bond acceptors (Lipinski definition) is 3. The van der Waals surface area contributed by atoms with Crippen molar-refractivity contribution in [2.45, 2.75) is 38.8 Å². The molecule has 1 heterocycles. The fraction of sp³-hybridized carbons (Fsp3) is 0.471. The molecule has 2 unspecified atom stereocenters. The lowest BCUT2D eigenvalue weighted by molar-refractivity contribution is 0.0881. The molecule has 0 bridgehead atoms. The van der Waals surface area contributed by atoms with Gasteiger partial charge >= 0.3 is 0 Å². The Balaban J connectivity index is 1.87. The van der Waals surface area contributed by atoms with E-state index >= 15 is 0 Å². The molecule has 4 heteroatoms. The first-order chi connectivity index (χ1) is 10.2. The van der Waals surface area contributed by atoms with E-state index in [1.54, 1.807) is 13.3 Å². The van der Waals surface area contributed by atoms with E-state index in [9.17, 15) is 5.11 Å². The maximum absolute atomic E-state index is 10.8. The van der Waals surface area contributed by atoms with Gasteiger partial charge in [-0.05, 0) is 43.2 Å². The zero-order valence-electron chi connectivity index (χ0n) is 12.6. The average Bonchev–Trinajstić information content (AvgIpc) is 2.96. The Morgan fingerprint density at radius 1 is 1.38 bits per heavy atom. The summed E-state index contributed by atoms with van der Waals surface area (Å²) in [4.78, 5) is 0. The smallest absolute Gasteiger partial charge is 0.162 e. The first-order valence-electron chi connectivity index (χ1n) is 7.59. The van der Waals surface area contributed by atoms with Crippen LogP contribution in [0.2, 0.25) is 0 Å². The number of aryl methyl sites for hydroxylation is 2. The average molecular weight is 286 g/mol. The van der Waals surface area contributed by atoms with Crippen LogP contribution in [0.4, 0.5) is 0 Å². The molecule has 0 saturated heterocycles. The molecule has 0 aliphatic heterocycles. The summed E-state index contributed by atoms with van der Waals surface area (Å²) < 4.78 is 7.20. The Morgan fingerprint density at radius 2 is 2.14 bits per heavy atom. The van der Waals surface area contributed by atoms with Crippen LogP contribution in [-0.2, 0) is 19.4 Å². The molecule has 0 saturated carbocycles. The Morgan fingerprint density at radius 3 is 2.86 bits per heavy atom. The number of rotatable bonds is 4. The number of aromatic nitrogens is 2. The molecule has 1 aliphatic carbocycles. The van der Waals surface area contributed by atoms with Gasteiger partial charge in [-0.1, -0.05) is 24.3 Å². The van der Waals surface area contributed by atoms with E-state index in [4.69, 9.17) is 4.74 Å². The monoisotopic (exact) mass is 286 g/mol. The van der Waals surface area contributed by atoms with Crippen LogP contribution in [0.5, 0.6) is 5.75 Å². The summed E-state index contributed by atoms with van der Waals surface area (Å²) >= 11 is 0. The van der Waals surface area contributed by atoms with Gasteiger partial charge < -0.3 is 9.84 Å². The topological polar surface area (TPSA) is 47.3 Å². The van der Waals surface area contributed by atoms with Gasteiger partial charge in [0, 0.05) is 6.54 Å². The van der Waals surface area contributed by atoms with Crippen molar-refractivity contribution in [1.82, 2.24) is 9.78 Å². The molecule has 0 amide bonds. The van der Waals surface area contributed by atoms with E-state index in [1.807, 2.05) is 11.6 Å². The van der Waals surface area contributed by atoms with Crippen LogP contribution in [0.3, 0.4) is 0 Å². The quantitative estimate of drug-likeness (QED) is 0.940. The minimum absolute atomic E-state index is 0.218. The molecule has 1 aromatic carbocycles. The Bertz CT molecular complexity index is 600. The molecule has 3 rings (SSSR count). The van der Waals surface area contributed by atoms with E-state index in [2.05, 4.69) is 29.4 Å². The van der Waals surface area contributed by atoms with Crippen molar-refractivity contribution < 1.29 is 9.84 Å². The van der Waals surface area contributed by atoms with Crippen molar-refractivity contribution in [2.75, 3.05) is 7.11 Å². The van der Waals surface area contributed by atoms with E-state index in [0.29, 0.717) is 5.75 Å². The normalized spacial score (nSPS) is 19.1. The standard InChI is InChI=1S/C17H22N2O2/c1-3-19-16(15(21-2)11-18-19)17(20)14-9-8-12-6-4-5-7-13(12)10-14/h4-7,11,14,17,20H,3,8-10H2,1-2H3. The lowest BCUT2D eigenvalue weighted by Gasteiger charge is -2.29. The number of nitrogens with zero attached hydrogens (tertiary/aromatic N) is 2. The minimum atomic E-state index is -0.532. The van der Waals surface area contributed by atoms with Gasteiger partial charge in [0.05, 0.1) is 13.3 Å². The number of ether oxygens (including phenoxy) is 1. The third-order valence-electron chi connectivity index (χ3n) is 4.48. The molecular formula is C17H22N2O2. The summed E-state index contributed by atoms with van der Waals surface area (Å²) in [6.07, 6.45) is 4.10. The van der Waals surface area contributed by atoms with Crippen molar-refractivity contribution in [3.05, 3.63) is 47.3 Å². The molecule has 0 radical (unpaired) electrons. The van der Waals surface area contributed by atoms with Crippen LogP contribution in [0, 0.1) is 5.92 Å². The number of hydrogen-bond donors (Lipinski definition) is 1. The minimum Gasteiger partial charge on any atom is -0.493 e. The number of aliphatic hydroxyl groups excluding tert-OH is 1. The van der Waals surface area contributed by atoms with Gasteiger partial charge in [-0.3, -0.25) is 4.68 Å².